The maximum atomic E-state index is 12.9. The smallest absolute Gasteiger partial charge is 0.209 e. The Morgan fingerprint density at radius 1 is 1.08 bits per heavy atom. The van der Waals surface area contributed by atoms with Crippen molar-refractivity contribution in [2.45, 2.75) is 30.7 Å². The lowest BCUT2D eigenvalue weighted by molar-refractivity contribution is 0.309. The van der Waals surface area contributed by atoms with Gasteiger partial charge in [-0.25, -0.2) is 9.37 Å². The summed E-state index contributed by atoms with van der Waals surface area (Å²) in [6, 6.07) is 14.3. The molecular formula is C19H20FN3OS. The van der Waals surface area contributed by atoms with Gasteiger partial charge in [0.1, 0.15) is 11.6 Å². The quantitative estimate of drug-likeness (QED) is 0.451. The van der Waals surface area contributed by atoms with E-state index < -0.39 is 0 Å². The van der Waals surface area contributed by atoms with Crippen LogP contribution in [-0.4, -0.2) is 21.8 Å². The molecule has 1 heterocycles. The molecule has 4 nitrogen and oxygen atoms in total. The van der Waals surface area contributed by atoms with E-state index in [0.717, 1.165) is 42.1 Å². The van der Waals surface area contributed by atoms with Gasteiger partial charge in [0.05, 0.1) is 6.61 Å². The van der Waals surface area contributed by atoms with Gasteiger partial charge in [-0.05, 0) is 48.4 Å². The van der Waals surface area contributed by atoms with Gasteiger partial charge in [0, 0.05) is 11.3 Å². The van der Waals surface area contributed by atoms with Gasteiger partial charge >= 0.3 is 0 Å². The van der Waals surface area contributed by atoms with Crippen LogP contribution >= 0.6 is 11.8 Å². The fraction of sp³-hybridized carbons (Fsp3) is 0.263. The summed E-state index contributed by atoms with van der Waals surface area (Å²) in [5.41, 5.74) is 2.00. The molecule has 2 aromatic carbocycles. The van der Waals surface area contributed by atoms with Crippen molar-refractivity contribution < 1.29 is 9.13 Å². The maximum absolute atomic E-state index is 12.9. The lowest BCUT2D eigenvalue weighted by atomic mass is 10.2. The van der Waals surface area contributed by atoms with E-state index in [1.165, 1.54) is 23.9 Å². The van der Waals surface area contributed by atoms with E-state index in [2.05, 4.69) is 22.1 Å². The van der Waals surface area contributed by atoms with E-state index in [9.17, 15) is 4.39 Å². The number of thioether (sulfide) groups is 1. The Morgan fingerprint density at radius 3 is 2.56 bits per heavy atom. The van der Waals surface area contributed by atoms with Crippen molar-refractivity contribution in [3.05, 3.63) is 59.9 Å². The molecule has 1 aromatic heterocycles. The average molecular weight is 357 g/mol. The van der Waals surface area contributed by atoms with E-state index in [-0.39, 0.29) is 5.82 Å². The first-order valence-electron chi connectivity index (χ1n) is 8.27. The van der Waals surface area contributed by atoms with Gasteiger partial charge in [-0.2, -0.15) is 0 Å². The maximum Gasteiger partial charge on any atom is 0.209 e. The number of unbranched alkanes of at least 4 members (excludes halogenated alkanes) is 1. The van der Waals surface area contributed by atoms with Crippen molar-refractivity contribution in [2.75, 3.05) is 6.61 Å². The zero-order valence-electron chi connectivity index (χ0n) is 14.0. The van der Waals surface area contributed by atoms with E-state index in [4.69, 9.17) is 4.74 Å². The van der Waals surface area contributed by atoms with Crippen molar-refractivity contribution in [3.63, 3.8) is 0 Å². The molecule has 0 bridgehead atoms. The summed E-state index contributed by atoms with van der Waals surface area (Å²) in [5.74, 6) is 2.06. The molecule has 25 heavy (non-hydrogen) atoms. The molecule has 0 amide bonds. The number of ether oxygens (including phenoxy) is 1. The number of aromatic amines is 1. The Bertz CT molecular complexity index is 787. The van der Waals surface area contributed by atoms with Crippen molar-refractivity contribution in [1.29, 1.82) is 0 Å². The summed E-state index contributed by atoms with van der Waals surface area (Å²) in [4.78, 5) is 4.50. The fourth-order valence-electron chi connectivity index (χ4n) is 2.21. The first-order valence-corrected chi connectivity index (χ1v) is 9.26. The number of nitrogens with one attached hydrogen (secondary N) is 1. The highest BCUT2D eigenvalue weighted by atomic mass is 32.2. The van der Waals surface area contributed by atoms with Gasteiger partial charge in [0.25, 0.3) is 0 Å². The van der Waals surface area contributed by atoms with Gasteiger partial charge in [-0.1, -0.05) is 37.2 Å². The second kappa shape index (κ2) is 8.67. The molecule has 0 radical (unpaired) electrons. The molecule has 0 unspecified atom stereocenters. The zero-order valence-corrected chi connectivity index (χ0v) is 14.9. The number of halogens is 1. The van der Waals surface area contributed by atoms with Crippen molar-refractivity contribution >= 4 is 11.8 Å². The van der Waals surface area contributed by atoms with Gasteiger partial charge in [-0.3, -0.25) is 5.10 Å². The SMILES string of the molecule is CCCCOc1ccc(-c2nc(SCc3ccc(F)cc3)n[nH]2)cc1. The van der Waals surface area contributed by atoms with Crippen LogP contribution < -0.4 is 4.74 Å². The Morgan fingerprint density at radius 2 is 1.84 bits per heavy atom. The third-order valence-corrected chi connectivity index (χ3v) is 4.56. The highest BCUT2D eigenvalue weighted by Gasteiger charge is 2.07. The van der Waals surface area contributed by atoms with Crippen LogP contribution in [0.5, 0.6) is 5.75 Å². The number of benzene rings is 2. The van der Waals surface area contributed by atoms with Crippen LogP contribution in [0, 0.1) is 5.82 Å². The average Bonchev–Trinajstić information content (AvgIpc) is 3.11. The van der Waals surface area contributed by atoms with Gasteiger partial charge in [-0.15, -0.1) is 5.10 Å². The first kappa shape index (κ1) is 17.5. The van der Waals surface area contributed by atoms with Crippen molar-refractivity contribution in [3.8, 4) is 17.1 Å². The second-order valence-electron chi connectivity index (χ2n) is 5.61. The van der Waals surface area contributed by atoms with Crippen LogP contribution in [0.1, 0.15) is 25.3 Å². The minimum atomic E-state index is -0.226. The van der Waals surface area contributed by atoms with Crippen LogP contribution in [0.3, 0.4) is 0 Å². The Balaban J connectivity index is 1.58. The van der Waals surface area contributed by atoms with Gasteiger partial charge < -0.3 is 4.74 Å². The van der Waals surface area contributed by atoms with E-state index >= 15 is 0 Å². The molecule has 0 fully saturated rings. The summed E-state index contributed by atoms with van der Waals surface area (Å²) in [6.07, 6.45) is 2.17. The molecule has 0 saturated heterocycles. The van der Waals surface area contributed by atoms with Gasteiger partial charge in [0.2, 0.25) is 5.16 Å². The van der Waals surface area contributed by atoms with E-state index in [1.807, 2.05) is 24.3 Å². The molecule has 1 N–H and O–H groups in total. The first-order chi connectivity index (χ1) is 12.2. The zero-order chi connectivity index (χ0) is 17.5. The molecule has 0 aliphatic heterocycles. The molecule has 0 aliphatic carbocycles. The lowest BCUT2D eigenvalue weighted by Crippen LogP contribution is -1.96. The number of aromatic nitrogens is 3. The number of H-pyrrole nitrogens is 1. The summed E-state index contributed by atoms with van der Waals surface area (Å²) >= 11 is 1.51. The van der Waals surface area contributed by atoms with E-state index in [1.54, 1.807) is 12.1 Å². The molecular weight excluding hydrogens is 337 g/mol. The summed E-state index contributed by atoms with van der Waals surface area (Å²) in [6.45, 7) is 2.88. The molecule has 0 atom stereocenters. The van der Waals surface area contributed by atoms with Crippen LogP contribution in [0.15, 0.2) is 53.7 Å². The van der Waals surface area contributed by atoms with Crippen LogP contribution in [-0.2, 0) is 5.75 Å². The minimum absolute atomic E-state index is 0.226. The monoisotopic (exact) mass is 357 g/mol. The van der Waals surface area contributed by atoms with Crippen molar-refractivity contribution in [1.82, 2.24) is 15.2 Å². The summed E-state index contributed by atoms with van der Waals surface area (Å²) in [5, 5.41) is 7.86. The molecule has 0 aliphatic rings. The van der Waals surface area contributed by atoms with Crippen LogP contribution in [0.25, 0.3) is 11.4 Å². The fourth-order valence-corrected chi connectivity index (χ4v) is 2.97. The predicted molar refractivity (Wildman–Crippen MR) is 98.2 cm³/mol. The Hall–Kier alpha value is -2.34. The molecule has 0 saturated carbocycles. The highest BCUT2D eigenvalue weighted by Crippen LogP contribution is 2.24. The van der Waals surface area contributed by atoms with E-state index in [0.29, 0.717) is 10.9 Å². The molecule has 0 spiro atoms. The molecule has 130 valence electrons. The summed E-state index contributed by atoms with van der Waals surface area (Å²) in [7, 11) is 0. The Kier molecular flexibility index (Phi) is 6.06. The van der Waals surface area contributed by atoms with Crippen molar-refractivity contribution in [2.24, 2.45) is 0 Å². The van der Waals surface area contributed by atoms with Gasteiger partial charge in [0.15, 0.2) is 5.82 Å². The Labute approximate surface area is 150 Å². The highest BCUT2D eigenvalue weighted by molar-refractivity contribution is 7.98. The molecule has 3 rings (SSSR count). The number of rotatable bonds is 8. The third-order valence-electron chi connectivity index (χ3n) is 3.64. The molecule has 6 heteroatoms. The topological polar surface area (TPSA) is 50.8 Å². The second-order valence-corrected chi connectivity index (χ2v) is 6.55. The number of nitrogens with zero attached hydrogens (tertiary/aromatic N) is 2. The van der Waals surface area contributed by atoms with Crippen LogP contribution in [0.2, 0.25) is 0 Å². The van der Waals surface area contributed by atoms with Crippen LogP contribution in [0.4, 0.5) is 4.39 Å². The summed E-state index contributed by atoms with van der Waals surface area (Å²) < 4.78 is 18.6. The molecule has 3 aromatic rings. The minimum Gasteiger partial charge on any atom is -0.494 e. The number of hydrogen-bond acceptors (Lipinski definition) is 4. The standard InChI is InChI=1S/C19H20FN3OS/c1-2-3-12-24-17-10-6-15(7-11-17)18-21-19(23-22-18)25-13-14-4-8-16(20)9-5-14/h4-11H,2-3,12-13H2,1H3,(H,21,22,23). The lowest BCUT2D eigenvalue weighted by Gasteiger charge is -2.05. The normalized spacial score (nSPS) is 10.8. The predicted octanol–water partition coefficient (Wildman–Crippen LogP) is 5.08. The number of hydrogen-bond donors (Lipinski definition) is 1. The third kappa shape index (κ3) is 5.06. The largest absolute Gasteiger partial charge is 0.494 e.